The maximum absolute atomic E-state index is 11.8. The van der Waals surface area contributed by atoms with Gasteiger partial charge in [0, 0.05) is 18.9 Å². The number of likely N-dealkylation sites (tertiary alicyclic amines) is 1. The van der Waals surface area contributed by atoms with Crippen molar-refractivity contribution in [2.45, 2.75) is 12.5 Å². The predicted octanol–water partition coefficient (Wildman–Crippen LogP) is 1.20. The molecule has 1 N–H and O–H groups in total. The summed E-state index contributed by atoms with van der Waals surface area (Å²) in [5.41, 5.74) is 0.945. The Hall–Kier alpha value is -1.79. The molecule has 2 unspecified atom stereocenters. The van der Waals surface area contributed by atoms with Crippen molar-refractivity contribution in [3.63, 3.8) is 0 Å². The average molecular weight is 229 g/mol. The molecule has 2 atom stereocenters. The normalized spacial score (nSPS) is 21.3. The second-order valence-electron chi connectivity index (χ2n) is 4.22. The van der Waals surface area contributed by atoms with Crippen molar-refractivity contribution in [1.82, 2.24) is 4.90 Å². The molecule has 1 aliphatic heterocycles. The fraction of sp³-hybridized carbons (Fsp3) is 0.357. The molecule has 1 aromatic rings. The first kappa shape index (κ1) is 11.7. The maximum atomic E-state index is 11.8. The van der Waals surface area contributed by atoms with Gasteiger partial charge in [-0.15, -0.1) is 12.3 Å². The molecule has 0 aliphatic carbocycles. The van der Waals surface area contributed by atoms with E-state index in [1.54, 1.807) is 4.90 Å². The number of hydrogen-bond donors (Lipinski definition) is 1. The number of carbonyl (C=O) groups is 1. The molecule has 0 radical (unpaired) electrons. The van der Waals surface area contributed by atoms with Crippen LogP contribution in [-0.2, 0) is 4.79 Å². The smallest absolute Gasteiger partial charge is 0.224 e. The molecular weight excluding hydrogens is 214 g/mol. The summed E-state index contributed by atoms with van der Waals surface area (Å²) in [5.74, 6) is 2.61. The number of carbonyl (C=O) groups excluding carboxylic acids is 1. The highest BCUT2D eigenvalue weighted by Crippen LogP contribution is 2.27. The Labute approximate surface area is 101 Å². The highest BCUT2D eigenvalue weighted by atomic mass is 16.3. The molecule has 2 rings (SSSR count). The SMILES string of the molecule is C#CC1CC(=O)N(C(CO)c2ccccc2)C1. The van der Waals surface area contributed by atoms with Gasteiger partial charge < -0.3 is 10.0 Å². The Bertz CT molecular complexity index is 435. The molecule has 3 nitrogen and oxygen atoms in total. The van der Waals surface area contributed by atoms with Gasteiger partial charge in [-0.3, -0.25) is 4.79 Å². The van der Waals surface area contributed by atoms with Crippen LogP contribution in [0.25, 0.3) is 0 Å². The third-order valence-corrected chi connectivity index (χ3v) is 3.13. The number of hydrogen-bond acceptors (Lipinski definition) is 2. The number of nitrogens with zero attached hydrogens (tertiary/aromatic N) is 1. The zero-order chi connectivity index (χ0) is 12.3. The zero-order valence-corrected chi connectivity index (χ0v) is 9.54. The van der Waals surface area contributed by atoms with Crippen LogP contribution in [0.2, 0.25) is 0 Å². The molecule has 3 heteroatoms. The summed E-state index contributed by atoms with van der Waals surface area (Å²) in [6, 6.07) is 9.26. The van der Waals surface area contributed by atoms with Crippen LogP contribution >= 0.6 is 0 Å². The average Bonchev–Trinajstić information content (AvgIpc) is 2.73. The summed E-state index contributed by atoms with van der Waals surface area (Å²) >= 11 is 0. The van der Waals surface area contributed by atoms with E-state index in [9.17, 15) is 9.90 Å². The largest absolute Gasteiger partial charge is 0.394 e. The van der Waals surface area contributed by atoms with Crippen LogP contribution < -0.4 is 0 Å². The van der Waals surface area contributed by atoms with Crippen molar-refractivity contribution < 1.29 is 9.90 Å². The van der Waals surface area contributed by atoms with Gasteiger partial charge in [-0.05, 0) is 5.56 Å². The van der Waals surface area contributed by atoms with E-state index in [1.165, 1.54) is 0 Å². The van der Waals surface area contributed by atoms with Gasteiger partial charge in [0.1, 0.15) is 0 Å². The predicted molar refractivity (Wildman–Crippen MR) is 64.9 cm³/mol. The van der Waals surface area contributed by atoms with E-state index in [0.29, 0.717) is 13.0 Å². The highest BCUT2D eigenvalue weighted by molar-refractivity contribution is 5.79. The number of benzene rings is 1. The van der Waals surface area contributed by atoms with Crippen molar-refractivity contribution in [1.29, 1.82) is 0 Å². The van der Waals surface area contributed by atoms with Crippen LogP contribution in [0, 0.1) is 18.3 Å². The molecule has 0 saturated carbocycles. The van der Waals surface area contributed by atoms with Crippen LogP contribution in [-0.4, -0.2) is 29.1 Å². The molecule has 1 aromatic carbocycles. The molecule has 1 amide bonds. The van der Waals surface area contributed by atoms with E-state index in [1.807, 2.05) is 30.3 Å². The second-order valence-corrected chi connectivity index (χ2v) is 4.22. The maximum Gasteiger partial charge on any atom is 0.224 e. The first-order chi connectivity index (χ1) is 8.26. The van der Waals surface area contributed by atoms with Gasteiger partial charge in [-0.2, -0.15) is 0 Å². The van der Waals surface area contributed by atoms with Crippen LogP contribution in [0.3, 0.4) is 0 Å². The molecule has 17 heavy (non-hydrogen) atoms. The molecule has 88 valence electrons. The van der Waals surface area contributed by atoms with Crippen LogP contribution in [0.5, 0.6) is 0 Å². The van der Waals surface area contributed by atoms with Crippen LogP contribution in [0.4, 0.5) is 0 Å². The zero-order valence-electron chi connectivity index (χ0n) is 9.54. The van der Waals surface area contributed by atoms with E-state index < -0.39 is 0 Å². The second kappa shape index (κ2) is 5.03. The minimum Gasteiger partial charge on any atom is -0.394 e. The standard InChI is InChI=1S/C14H15NO2/c1-2-11-8-14(17)15(9-11)13(10-16)12-6-4-3-5-7-12/h1,3-7,11,13,16H,8-10H2. The van der Waals surface area contributed by atoms with Gasteiger partial charge in [0.15, 0.2) is 0 Å². The lowest BCUT2D eigenvalue weighted by atomic mass is 10.1. The molecule has 0 bridgehead atoms. The van der Waals surface area contributed by atoms with E-state index in [-0.39, 0.29) is 24.5 Å². The summed E-state index contributed by atoms with van der Waals surface area (Å²) < 4.78 is 0. The van der Waals surface area contributed by atoms with Gasteiger partial charge in [-0.1, -0.05) is 30.3 Å². The molecule has 1 fully saturated rings. The van der Waals surface area contributed by atoms with E-state index in [2.05, 4.69) is 5.92 Å². The van der Waals surface area contributed by atoms with E-state index >= 15 is 0 Å². The lowest BCUT2D eigenvalue weighted by molar-refractivity contribution is -0.130. The Balaban J connectivity index is 2.21. The monoisotopic (exact) mass is 229 g/mol. The fourth-order valence-electron chi connectivity index (χ4n) is 2.20. The molecule has 1 aliphatic rings. The quantitative estimate of drug-likeness (QED) is 0.791. The lowest BCUT2D eigenvalue weighted by Gasteiger charge is -2.26. The van der Waals surface area contributed by atoms with E-state index in [0.717, 1.165) is 5.56 Å². The number of aliphatic hydroxyl groups excluding tert-OH is 1. The third-order valence-electron chi connectivity index (χ3n) is 3.13. The van der Waals surface area contributed by atoms with Crippen molar-refractivity contribution in [3.05, 3.63) is 35.9 Å². The Morgan fingerprint density at radius 1 is 1.47 bits per heavy atom. The first-order valence-electron chi connectivity index (χ1n) is 5.67. The molecule has 0 spiro atoms. The summed E-state index contributed by atoms with van der Waals surface area (Å²) in [4.78, 5) is 13.5. The number of amides is 1. The summed E-state index contributed by atoms with van der Waals surface area (Å²) in [6.45, 7) is 0.461. The summed E-state index contributed by atoms with van der Waals surface area (Å²) in [5, 5.41) is 9.47. The van der Waals surface area contributed by atoms with Crippen molar-refractivity contribution >= 4 is 5.91 Å². The number of rotatable bonds is 3. The van der Waals surface area contributed by atoms with Crippen LogP contribution in [0.1, 0.15) is 18.0 Å². The van der Waals surface area contributed by atoms with Gasteiger partial charge >= 0.3 is 0 Å². The third kappa shape index (κ3) is 2.32. The van der Waals surface area contributed by atoms with Crippen molar-refractivity contribution in [2.24, 2.45) is 5.92 Å². The highest BCUT2D eigenvalue weighted by Gasteiger charge is 2.33. The minimum absolute atomic E-state index is 0.0239. The first-order valence-corrected chi connectivity index (χ1v) is 5.67. The lowest BCUT2D eigenvalue weighted by Crippen LogP contribution is -2.32. The Morgan fingerprint density at radius 3 is 2.71 bits per heavy atom. The van der Waals surface area contributed by atoms with Gasteiger partial charge in [0.05, 0.1) is 12.6 Å². The van der Waals surface area contributed by atoms with Gasteiger partial charge in [-0.25, -0.2) is 0 Å². The van der Waals surface area contributed by atoms with Gasteiger partial charge in [0.2, 0.25) is 5.91 Å². The Kier molecular flexibility index (Phi) is 3.46. The minimum atomic E-state index is -0.276. The fourth-order valence-corrected chi connectivity index (χ4v) is 2.20. The number of terminal acetylenes is 1. The molecule has 0 aromatic heterocycles. The molecule has 1 saturated heterocycles. The molecule has 1 heterocycles. The number of aliphatic hydroxyl groups is 1. The molecular formula is C14H15NO2. The summed E-state index contributed by atoms with van der Waals surface area (Å²) in [6.07, 6.45) is 5.74. The Morgan fingerprint density at radius 2 is 2.18 bits per heavy atom. The van der Waals surface area contributed by atoms with E-state index in [4.69, 9.17) is 6.42 Å². The van der Waals surface area contributed by atoms with Gasteiger partial charge in [0.25, 0.3) is 0 Å². The van der Waals surface area contributed by atoms with Crippen molar-refractivity contribution in [3.8, 4) is 12.3 Å². The van der Waals surface area contributed by atoms with Crippen LogP contribution in [0.15, 0.2) is 30.3 Å². The summed E-state index contributed by atoms with van der Waals surface area (Å²) in [7, 11) is 0. The van der Waals surface area contributed by atoms with Crippen molar-refractivity contribution in [2.75, 3.05) is 13.2 Å². The topological polar surface area (TPSA) is 40.5 Å².